The minimum atomic E-state index is -0.0701. The van der Waals surface area contributed by atoms with Crippen LogP contribution < -0.4 is 16.0 Å². The van der Waals surface area contributed by atoms with Crippen LogP contribution in [-0.2, 0) is 4.79 Å². The molecule has 8 heteroatoms. The first kappa shape index (κ1) is 25.5. The van der Waals surface area contributed by atoms with Gasteiger partial charge in [0, 0.05) is 38.4 Å². The van der Waals surface area contributed by atoms with Gasteiger partial charge in [0.05, 0.1) is 6.54 Å². The highest BCUT2D eigenvalue weighted by Crippen LogP contribution is 2.17. The molecule has 0 radical (unpaired) electrons. The van der Waals surface area contributed by atoms with Crippen LogP contribution >= 0.6 is 37.2 Å². The van der Waals surface area contributed by atoms with Gasteiger partial charge in [-0.25, -0.2) is 0 Å². The lowest BCUT2D eigenvalue weighted by Crippen LogP contribution is -2.47. The van der Waals surface area contributed by atoms with Gasteiger partial charge in [-0.15, -0.1) is 37.2 Å². The number of carbonyl (C=O) groups excluding carboxylic acids is 1. The van der Waals surface area contributed by atoms with Gasteiger partial charge in [-0.1, -0.05) is 12.1 Å². The number of anilines is 1. The number of halogens is 3. The van der Waals surface area contributed by atoms with Crippen LogP contribution in [0.5, 0.6) is 0 Å². The molecule has 1 aliphatic rings. The van der Waals surface area contributed by atoms with Crippen LogP contribution in [0.15, 0.2) is 24.3 Å². The summed E-state index contributed by atoms with van der Waals surface area (Å²) in [6.45, 7) is 8.26. The fraction of sp³-hybridized carbons (Fsp3) is 0.562. The van der Waals surface area contributed by atoms with E-state index < -0.39 is 0 Å². The molecule has 1 aromatic carbocycles. The lowest BCUT2D eigenvalue weighted by atomic mass is 10.2. The molecule has 1 fully saturated rings. The summed E-state index contributed by atoms with van der Waals surface area (Å²) in [7, 11) is 0. The number of carbonyl (C=O) groups is 1. The van der Waals surface area contributed by atoms with Gasteiger partial charge in [0.1, 0.15) is 0 Å². The average Bonchev–Trinajstić information content (AvgIpc) is 2.52. The number of rotatable bonds is 6. The van der Waals surface area contributed by atoms with Crippen LogP contribution in [0.3, 0.4) is 0 Å². The Bertz CT molecular complexity index is 468. The fourth-order valence-electron chi connectivity index (χ4n) is 2.66. The molecule has 1 amide bonds. The van der Waals surface area contributed by atoms with Crippen molar-refractivity contribution >= 4 is 48.8 Å². The van der Waals surface area contributed by atoms with E-state index in [9.17, 15) is 4.79 Å². The second-order valence-corrected chi connectivity index (χ2v) is 5.58. The summed E-state index contributed by atoms with van der Waals surface area (Å²) in [6, 6.07) is 8.69. The molecule has 2 rings (SSSR count). The molecule has 3 N–H and O–H groups in total. The maximum absolute atomic E-state index is 11.0. The highest BCUT2D eigenvalue weighted by atomic mass is 35.5. The second kappa shape index (κ2) is 13.6. The number of nitrogens with zero attached hydrogens (tertiary/aromatic N) is 2. The van der Waals surface area contributed by atoms with E-state index in [1.165, 1.54) is 11.3 Å². The summed E-state index contributed by atoms with van der Waals surface area (Å²) in [6.07, 6.45) is 0.982. The Labute approximate surface area is 163 Å². The van der Waals surface area contributed by atoms with E-state index >= 15 is 0 Å². The third-order valence-corrected chi connectivity index (χ3v) is 3.90. The maximum atomic E-state index is 11.0. The zero-order valence-corrected chi connectivity index (χ0v) is 16.5. The van der Waals surface area contributed by atoms with Crippen LogP contribution in [0.1, 0.15) is 12.0 Å². The van der Waals surface area contributed by atoms with Gasteiger partial charge < -0.3 is 16.0 Å². The SMILES string of the molecule is Cc1cccc(N2CCN(CCCNC(=O)CN)CC2)c1.Cl.Cl.Cl. The molecule has 1 saturated heterocycles. The van der Waals surface area contributed by atoms with Gasteiger partial charge in [0.25, 0.3) is 0 Å². The van der Waals surface area contributed by atoms with E-state index in [0.29, 0.717) is 6.54 Å². The first-order chi connectivity index (χ1) is 10.2. The number of piperazine rings is 1. The Balaban J connectivity index is 0. The van der Waals surface area contributed by atoms with Crippen LogP contribution in [-0.4, -0.2) is 56.6 Å². The van der Waals surface area contributed by atoms with Crippen molar-refractivity contribution in [1.29, 1.82) is 0 Å². The van der Waals surface area contributed by atoms with Crippen LogP contribution in [0.2, 0.25) is 0 Å². The summed E-state index contributed by atoms with van der Waals surface area (Å²) >= 11 is 0. The number of hydrogen-bond donors (Lipinski definition) is 2. The molecule has 0 aromatic heterocycles. The Kier molecular flexibility index (Phi) is 14.4. The molecule has 5 nitrogen and oxygen atoms in total. The molecule has 0 atom stereocenters. The number of aryl methyl sites for hydroxylation is 1. The Morgan fingerprint density at radius 2 is 1.83 bits per heavy atom. The van der Waals surface area contributed by atoms with Gasteiger partial charge >= 0.3 is 0 Å². The number of amides is 1. The predicted octanol–water partition coefficient (Wildman–Crippen LogP) is 1.85. The third kappa shape index (κ3) is 8.40. The highest BCUT2D eigenvalue weighted by Gasteiger charge is 2.16. The molecule has 0 spiro atoms. The first-order valence-electron chi connectivity index (χ1n) is 7.70. The predicted molar refractivity (Wildman–Crippen MR) is 108 cm³/mol. The summed E-state index contributed by atoms with van der Waals surface area (Å²) in [5.41, 5.74) is 7.88. The summed E-state index contributed by atoms with van der Waals surface area (Å²) < 4.78 is 0. The van der Waals surface area contributed by atoms with Crippen molar-refractivity contribution in [3.8, 4) is 0 Å². The lowest BCUT2D eigenvalue weighted by Gasteiger charge is -2.36. The molecule has 1 aliphatic heterocycles. The average molecular weight is 400 g/mol. The fourth-order valence-corrected chi connectivity index (χ4v) is 2.66. The van der Waals surface area contributed by atoms with E-state index in [-0.39, 0.29) is 49.7 Å². The van der Waals surface area contributed by atoms with Gasteiger partial charge in [-0.2, -0.15) is 0 Å². The van der Waals surface area contributed by atoms with Crippen LogP contribution in [0.4, 0.5) is 5.69 Å². The van der Waals surface area contributed by atoms with Crippen molar-refractivity contribution in [1.82, 2.24) is 10.2 Å². The van der Waals surface area contributed by atoms with Crippen LogP contribution in [0.25, 0.3) is 0 Å². The molecule has 1 aromatic rings. The van der Waals surface area contributed by atoms with Crippen molar-refractivity contribution in [2.45, 2.75) is 13.3 Å². The van der Waals surface area contributed by atoms with E-state index in [4.69, 9.17) is 5.73 Å². The van der Waals surface area contributed by atoms with Gasteiger partial charge in [-0.05, 0) is 37.6 Å². The molecular weight excluding hydrogens is 371 g/mol. The minimum Gasteiger partial charge on any atom is -0.369 e. The largest absolute Gasteiger partial charge is 0.369 e. The Morgan fingerprint density at radius 1 is 1.17 bits per heavy atom. The molecule has 0 bridgehead atoms. The van der Waals surface area contributed by atoms with Crippen molar-refractivity contribution < 1.29 is 4.79 Å². The van der Waals surface area contributed by atoms with Crippen molar-refractivity contribution in [3.05, 3.63) is 29.8 Å². The van der Waals surface area contributed by atoms with E-state index in [0.717, 1.165) is 39.1 Å². The number of hydrogen-bond acceptors (Lipinski definition) is 4. The number of benzene rings is 1. The molecular formula is C16H29Cl3N4O. The lowest BCUT2D eigenvalue weighted by molar-refractivity contribution is -0.119. The monoisotopic (exact) mass is 398 g/mol. The van der Waals surface area contributed by atoms with E-state index in [1.807, 2.05) is 0 Å². The van der Waals surface area contributed by atoms with Gasteiger partial charge in [0.15, 0.2) is 0 Å². The highest BCUT2D eigenvalue weighted by molar-refractivity contribution is 5.86. The zero-order chi connectivity index (χ0) is 15.1. The van der Waals surface area contributed by atoms with E-state index in [1.54, 1.807) is 0 Å². The molecule has 24 heavy (non-hydrogen) atoms. The minimum absolute atomic E-state index is 0. The number of nitrogens with one attached hydrogen (secondary N) is 1. The third-order valence-electron chi connectivity index (χ3n) is 3.90. The van der Waals surface area contributed by atoms with Crippen molar-refractivity contribution in [2.24, 2.45) is 5.73 Å². The maximum Gasteiger partial charge on any atom is 0.233 e. The summed E-state index contributed by atoms with van der Waals surface area (Å²) in [5.74, 6) is -0.0701. The molecule has 140 valence electrons. The van der Waals surface area contributed by atoms with E-state index in [2.05, 4.69) is 46.3 Å². The van der Waals surface area contributed by atoms with Crippen LogP contribution in [0, 0.1) is 6.92 Å². The van der Waals surface area contributed by atoms with Gasteiger partial charge in [-0.3, -0.25) is 9.69 Å². The van der Waals surface area contributed by atoms with Gasteiger partial charge in [0.2, 0.25) is 5.91 Å². The second-order valence-electron chi connectivity index (χ2n) is 5.58. The molecule has 0 aliphatic carbocycles. The summed E-state index contributed by atoms with van der Waals surface area (Å²) in [5, 5.41) is 2.81. The first-order valence-corrected chi connectivity index (χ1v) is 7.70. The topological polar surface area (TPSA) is 61.6 Å². The molecule has 0 unspecified atom stereocenters. The summed E-state index contributed by atoms with van der Waals surface area (Å²) in [4.78, 5) is 15.9. The molecule has 1 heterocycles. The smallest absolute Gasteiger partial charge is 0.233 e. The van der Waals surface area contributed by atoms with Crippen molar-refractivity contribution in [3.63, 3.8) is 0 Å². The Morgan fingerprint density at radius 3 is 2.42 bits per heavy atom. The standard InChI is InChI=1S/C16H26N4O.3ClH/c1-14-4-2-5-15(12-14)20-10-8-19(9-11-20)7-3-6-18-16(21)13-17;;;/h2,4-5,12H,3,6-11,13,17H2,1H3,(H,18,21);3*1H. The molecule has 0 saturated carbocycles. The quantitative estimate of drug-likeness (QED) is 0.717. The zero-order valence-electron chi connectivity index (χ0n) is 14.1. The number of nitrogens with two attached hydrogens (primary N) is 1. The Hall–Kier alpha value is -0.720. The van der Waals surface area contributed by atoms with Crippen molar-refractivity contribution in [2.75, 3.05) is 50.7 Å². The normalized spacial score (nSPS) is 14.0.